The molecule has 0 N–H and O–H groups in total. The number of hydrogen-bond donors (Lipinski definition) is 0. The first-order chi connectivity index (χ1) is 7.35. The number of carbonyl (C=O) groups is 1. The number of likely N-dealkylation sites (tertiary alicyclic amines) is 1. The van der Waals surface area contributed by atoms with Gasteiger partial charge in [-0.05, 0) is 35.8 Å². The average molecular weight is 241 g/mol. The van der Waals surface area contributed by atoms with Crippen LogP contribution in [0.2, 0.25) is 0 Å². The first-order valence-electron chi connectivity index (χ1n) is 6.29. The van der Waals surface area contributed by atoms with Crippen molar-refractivity contribution in [1.29, 1.82) is 0 Å². The summed E-state index contributed by atoms with van der Waals surface area (Å²) in [7, 11) is 0. The van der Waals surface area contributed by atoms with Crippen LogP contribution in [0.1, 0.15) is 47.0 Å². The molecular weight excluding hydrogens is 218 g/mol. The molecule has 2 aliphatic rings. The van der Waals surface area contributed by atoms with Crippen LogP contribution in [-0.2, 0) is 0 Å². The predicted octanol–water partition coefficient (Wildman–Crippen LogP) is 3.76. The van der Waals surface area contributed by atoms with Gasteiger partial charge in [0.05, 0.1) is 0 Å². The van der Waals surface area contributed by atoms with Crippen LogP contribution in [0.5, 0.6) is 0 Å². The van der Waals surface area contributed by atoms with E-state index in [0.29, 0.717) is 22.1 Å². The molecule has 2 rings (SSSR count). The molecule has 0 radical (unpaired) electrons. The van der Waals surface area contributed by atoms with E-state index in [4.69, 9.17) is 0 Å². The summed E-state index contributed by atoms with van der Waals surface area (Å²) in [4.78, 5) is 14.2. The maximum absolute atomic E-state index is 12.0. The molecule has 92 valence electrons. The second-order valence-electron chi connectivity index (χ2n) is 6.54. The zero-order valence-corrected chi connectivity index (χ0v) is 11.7. The summed E-state index contributed by atoms with van der Waals surface area (Å²) in [6, 6.07) is 0.500. The van der Waals surface area contributed by atoms with E-state index < -0.39 is 0 Å². The molecule has 2 atom stereocenters. The van der Waals surface area contributed by atoms with Gasteiger partial charge < -0.3 is 4.90 Å². The van der Waals surface area contributed by atoms with Gasteiger partial charge in [-0.1, -0.05) is 39.5 Å². The maximum Gasteiger partial charge on any atom is 0.281 e. The van der Waals surface area contributed by atoms with Crippen molar-refractivity contribution in [3.63, 3.8) is 0 Å². The van der Waals surface area contributed by atoms with Gasteiger partial charge in [-0.15, -0.1) is 0 Å². The van der Waals surface area contributed by atoms with Crippen molar-refractivity contribution in [1.82, 2.24) is 4.90 Å². The van der Waals surface area contributed by atoms with E-state index >= 15 is 0 Å². The van der Waals surface area contributed by atoms with Crippen LogP contribution >= 0.6 is 11.8 Å². The highest BCUT2D eigenvalue weighted by atomic mass is 32.2. The minimum atomic E-state index is 0.300. The van der Waals surface area contributed by atoms with Crippen LogP contribution in [0, 0.1) is 10.8 Å². The summed E-state index contributed by atoms with van der Waals surface area (Å²) in [6.07, 6.45) is 3.65. The third-order valence-electron chi connectivity index (χ3n) is 3.92. The molecule has 1 heterocycles. The molecule has 0 aromatic heterocycles. The van der Waals surface area contributed by atoms with Crippen molar-refractivity contribution in [2.75, 3.05) is 12.3 Å². The number of carbonyl (C=O) groups excluding carboxylic acids is 1. The van der Waals surface area contributed by atoms with Crippen LogP contribution in [0.4, 0.5) is 4.79 Å². The summed E-state index contributed by atoms with van der Waals surface area (Å²) in [6.45, 7) is 10.1. The lowest BCUT2D eigenvalue weighted by Crippen LogP contribution is -2.36. The average Bonchev–Trinajstić information content (AvgIpc) is 2.35. The lowest BCUT2D eigenvalue weighted by molar-refractivity contribution is 0.131. The molecule has 1 saturated heterocycles. The summed E-state index contributed by atoms with van der Waals surface area (Å²) >= 11 is 1.46. The van der Waals surface area contributed by atoms with Gasteiger partial charge in [-0.3, -0.25) is 4.79 Å². The van der Waals surface area contributed by atoms with E-state index in [2.05, 4.69) is 32.6 Å². The minimum Gasteiger partial charge on any atom is -0.330 e. The number of amides is 1. The normalized spacial score (nSPS) is 36.5. The summed E-state index contributed by atoms with van der Waals surface area (Å²) < 4.78 is 0. The minimum absolute atomic E-state index is 0.300. The Hall–Kier alpha value is -0.180. The van der Waals surface area contributed by atoms with Crippen molar-refractivity contribution in [2.45, 2.75) is 53.0 Å². The third kappa shape index (κ3) is 2.24. The van der Waals surface area contributed by atoms with Gasteiger partial charge in [0, 0.05) is 12.6 Å². The molecule has 1 aliphatic carbocycles. The Morgan fingerprint density at radius 3 is 2.69 bits per heavy atom. The molecule has 2 nitrogen and oxygen atoms in total. The Bertz CT molecular complexity index is 302. The maximum atomic E-state index is 12.0. The van der Waals surface area contributed by atoms with E-state index in [0.717, 1.165) is 12.3 Å². The summed E-state index contributed by atoms with van der Waals surface area (Å²) in [5.41, 5.74) is 0.778. The largest absolute Gasteiger partial charge is 0.330 e. The second-order valence-corrected chi connectivity index (χ2v) is 7.76. The fraction of sp³-hybridized carbons (Fsp3) is 0.923. The Morgan fingerprint density at radius 2 is 2.06 bits per heavy atom. The first kappa shape index (κ1) is 12.3. The van der Waals surface area contributed by atoms with Gasteiger partial charge in [0.2, 0.25) is 0 Å². The summed E-state index contributed by atoms with van der Waals surface area (Å²) in [5.74, 6) is 0.891. The highest BCUT2D eigenvalue weighted by Gasteiger charge is 2.50. The second kappa shape index (κ2) is 3.94. The van der Waals surface area contributed by atoms with E-state index in [1.807, 2.05) is 0 Å². The molecule has 0 spiro atoms. The standard InChI is InChI=1S/C13H23NOS/c1-5-16-11(15)14-9-13(4)7-10(14)6-12(2,3)8-13/h10H,5-9H2,1-4H3. The molecule has 2 fully saturated rings. The molecular formula is C13H23NOS. The molecule has 2 bridgehead atoms. The van der Waals surface area contributed by atoms with Gasteiger partial charge in [-0.2, -0.15) is 0 Å². The van der Waals surface area contributed by atoms with E-state index in [1.165, 1.54) is 31.0 Å². The zero-order valence-electron chi connectivity index (χ0n) is 10.9. The highest BCUT2D eigenvalue weighted by molar-refractivity contribution is 8.13. The molecule has 0 aromatic rings. The van der Waals surface area contributed by atoms with Crippen LogP contribution in [0.15, 0.2) is 0 Å². The summed E-state index contributed by atoms with van der Waals surface area (Å²) in [5, 5.41) is 0.300. The number of fused-ring (bicyclic) bond motifs is 2. The molecule has 16 heavy (non-hydrogen) atoms. The molecule has 3 heteroatoms. The van der Waals surface area contributed by atoms with E-state index in [1.54, 1.807) is 0 Å². The third-order valence-corrected chi connectivity index (χ3v) is 4.69. The fourth-order valence-electron chi connectivity index (χ4n) is 3.88. The predicted molar refractivity (Wildman–Crippen MR) is 69.8 cm³/mol. The van der Waals surface area contributed by atoms with E-state index in [-0.39, 0.29) is 0 Å². The van der Waals surface area contributed by atoms with Gasteiger partial charge in [0.25, 0.3) is 5.24 Å². The van der Waals surface area contributed by atoms with Gasteiger partial charge in [0.1, 0.15) is 0 Å². The first-order valence-corrected chi connectivity index (χ1v) is 7.27. The zero-order chi connectivity index (χ0) is 12.0. The molecule has 2 unspecified atom stereocenters. The molecule has 1 amide bonds. The van der Waals surface area contributed by atoms with Crippen molar-refractivity contribution in [3.05, 3.63) is 0 Å². The fourth-order valence-corrected chi connectivity index (χ4v) is 4.51. The Kier molecular flexibility index (Phi) is 3.02. The Balaban J connectivity index is 2.13. The number of nitrogens with zero attached hydrogens (tertiary/aromatic N) is 1. The highest BCUT2D eigenvalue weighted by Crippen LogP contribution is 2.52. The number of rotatable bonds is 1. The van der Waals surface area contributed by atoms with Crippen molar-refractivity contribution in [2.24, 2.45) is 10.8 Å². The topological polar surface area (TPSA) is 20.3 Å². The van der Waals surface area contributed by atoms with Crippen LogP contribution < -0.4 is 0 Å². The lowest BCUT2D eigenvalue weighted by Gasteiger charge is -2.39. The smallest absolute Gasteiger partial charge is 0.281 e. The van der Waals surface area contributed by atoms with E-state index in [9.17, 15) is 4.79 Å². The molecule has 1 saturated carbocycles. The van der Waals surface area contributed by atoms with Gasteiger partial charge in [0.15, 0.2) is 0 Å². The van der Waals surface area contributed by atoms with Crippen LogP contribution in [0.3, 0.4) is 0 Å². The Labute approximate surface area is 103 Å². The van der Waals surface area contributed by atoms with Crippen molar-refractivity contribution >= 4 is 17.0 Å². The van der Waals surface area contributed by atoms with Crippen molar-refractivity contribution < 1.29 is 4.79 Å². The van der Waals surface area contributed by atoms with Crippen molar-refractivity contribution in [3.8, 4) is 0 Å². The van der Waals surface area contributed by atoms with Crippen LogP contribution in [-0.4, -0.2) is 28.5 Å². The van der Waals surface area contributed by atoms with Gasteiger partial charge >= 0.3 is 0 Å². The molecule has 1 aliphatic heterocycles. The monoisotopic (exact) mass is 241 g/mol. The SMILES string of the molecule is CCSC(=O)N1CC2(C)CC1CC(C)(C)C2. The molecule has 0 aromatic carbocycles. The quantitative estimate of drug-likeness (QED) is 0.696. The van der Waals surface area contributed by atoms with Crippen LogP contribution in [0.25, 0.3) is 0 Å². The van der Waals surface area contributed by atoms with Gasteiger partial charge in [-0.25, -0.2) is 0 Å². The number of thioether (sulfide) groups is 1. The lowest BCUT2D eigenvalue weighted by atomic mass is 9.65. The Morgan fingerprint density at radius 1 is 1.38 bits per heavy atom. The number of hydrogen-bond acceptors (Lipinski definition) is 2.